The normalized spacial score (nSPS) is 12.6. The molecule has 286 valence electrons. The molecule has 11 rings (SSSR count). The van der Waals surface area contributed by atoms with E-state index in [1.807, 2.05) is 12.1 Å². The van der Waals surface area contributed by atoms with Gasteiger partial charge in [0.2, 0.25) is 0 Å². The third kappa shape index (κ3) is 6.06. The van der Waals surface area contributed by atoms with E-state index in [9.17, 15) is 0 Å². The molecule has 0 spiro atoms. The minimum absolute atomic E-state index is 0.0723. The van der Waals surface area contributed by atoms with E-state index in [1.54, 1.807) is 0 Å². The van der Waals surface area contributed by atoms with Crippen molar-refractivity contribution in [1.82, 2.24) is 0 Å². The smallest absolute Gasteiger partial charge is 0.137 e. The average Bonchev–Trinajstić information content (AvgIpc) is 3.79. The Morgan fingerprint density at radius 3 is 1.33 bits per heavy atom. The van der Waals surface area contributed by atoms with Gasteiger partial charge in [0.25, 0.3) is 0 Å². The Balaban J connectivity index is 0.868. The van der Waals surface area contributed by atoms with Crippen LogP contribution in [0.3, 0.4) is 0 Å². The minimum atomic E-state index is -0.0723. The first kappa shape index (κ1) is 35.5. The molecule has 10 aromatic rings. The fourth-order valence-electron chi connectivity index (χ4n) is 9.19. The third-order valence-electron chi connectivity index (χ3n) is 12.3. The van der Waals surface area contributed by atoms with Gasteiger partial charge < -0.3 is 14.2 Å². The van der Waals surface area contributed by atoms with Crippen molar-refractivity contribution in [3.8, 4) is 33.4 Å². The molecule has 0 bridgehead atoms. The summed E-state index contributed by atoms with van der Waals surface area (Å²) in [6.45, 7) is 4.68. The van der Waals surface area contributed by atoms with Gasteiger partial charge in [-0.3, -0.25) is 0 Å². The van der Waals surface area contributed by atoms with Crippen LogP contribution in [0.15, 0.2) is 223 Å². The zero-order valence-electron chi connectivity index (χ0n) is 33.6. The first-order chi connectivity index (χ1) is 29.5. The van der Waals surface area contributed by atoms with Gasteiger partial charge in [-0.25, -0.2) is 0 Å². The van der Waals surface area contributed by atoms with Gasteiger partial charge in [0, 0.05) is 56.4 Å². The monoisotopic (exact) mass is 770 g/mol. The highest BCUT2D eigenvalue weighted by Crippen LogP contribution is 2.50. The molecule has 3 heteroatoms. The Bertz CT molecular complexity index is 3150. The molecule has 3 nitrogen and oxygen atoms in total. The predicted molar refractivity (Wildman–Crippen MR) is 252 cm³/mol. The van der Waals surface area contributed by atoms with Crippen LogP contribution in [0.25, 0.3) is 55.3 Å². The summed E-state index contributed by atoms with van der Waals surface area (Å²) >= 11 is 0. The Kier molecular flexibility index (Phi) is 8.49. The number of para-hydroxylation sites is 3. The second kappa shape index (κ2) is 14.3. The number of anilines is 6. The largest absolute Gasteiger partial charge is 0.456 e. The molecule has 9 aromatic carbocycles. The second-order valence-electron chi connectivity index (χ2n) is 16.2. The number of rotatable bonds is 8. The van der Waals surface area contributed by atoms with Crippen LogP contribution in [0.5, 0.6) is 0 Å². The zero-order chi connectivity index (χ0) is 40.2. The zero-order valence-corrected chi connectivity index (χ0v) is 33.6. The van der Waals surface area contributed by atoms with E-state index in [-0.39, 0.29) is 5.41 Å². The van der Waals surface area contributed by atoms with E-state index in [2.05, 4.69) is 230 Å². The van der Waals surface area contributed by atoms with Gasteiger partial charge >= 0.3 is 0 Å². The standard InChI is InChI=1S/C57H42N2O/c1-57(2)53-19-11-9-17-49(53)50-35-33-47(37-54(50)57)58(43-13-5-3-6-14-43)45-29-25-41(26-30-45)39-21-23-40(24-22-39)42-27-31-46(32-28-42)59(44-15-7-4-8-16-44)48-34-36-52-51-18-10-12-20-55(51)60-56(52)38-48/h3-38H,1-2H3. The highest BCUT2D eigenvalue weighted by molar-refractivity contribution is 6.06. The molecule has 0 aliphatic heterocycles. The Morgan fingerprint density at radius 1 is 0.317 bits per heavy atom. The predicted octanol–water partition coefficient (Wildman–Crippen LogP) is 16.2. The summed E-state index contributed by atoms with van der Waals surface area (Å²) < 4.78 is 6.29. The van der Waals surface area contributed by atoms with Crippen molar-refractivity contribution in [2.75, 3.05) is 9.80 Å². The van der Waals surface area contributed by atoms with Crippen LogP contribution in [-0.4, -0.2) is 0 Å². The molecule has 1 aromatic heterocycles. The van der Waals surface area contributed by atoms with Crippen LogP contribution in [-0.2, 0) is 5.41 Å². The van der Waals surface area contributed by atoms with Gasteiger partial charge in [-0.05, 0) is 123 Å². The average molecular weight is 771 g/mol. The van der Waals surface area contributed by atoms with Crippen LogP contribution in [0, 0.1) is 0 Å². The molecule has 0 saturated heterocycles. The van der Waals surface area contributed by atoms with Crippen LogP contribution in [0.4, 0.5) is 34.1 Å². The molecule has 0 N–H and O–H groups in total. The summed E-state index contributed by atoms with van der Waals surface area (Å²) in [5, 5.41) is 2.26. The maximum atomic E-state index is 6.29. The van der Waals surface area contributed by atoms with Crippen LogP contribution < -0.4 is 9.80 Å². The molecule has 0 atom stereocenters. The van der Waals surface area contributed by atoms with Gasteiger partial charge in [-0.15, -0.1) is 0 Å². The highest BCUT2D eigenvalue weighted by Gasteiger charge is 2.35. The summed E-state index contributed by atoms with van der Waals surface area (Å²) in [7, 11) is 0. The van der Waals surface area contributed by atoms with Crippen molar-refractivity contribution in [2.45, 2.75) is 19.3 Å². The molecule has 0 saturated carbocycles. The Labute approximate surface area is 351 Å². The fourth-order valence-corrected chi connectivity index (χ4v) is 9.19. The first-order valence-corrected chi connectivity index (χ1v) is 20.7. The van der Waals surface area contributed by atoms with Crippen molar-refractivity contribution in [3.63, 3.8) is 0 Å². The number of benzene rings is 9. The molecule has 1 aliphatic rings. The lowest BCUT2D eigenvalue weighted by atomic mass is 9.82. The van der Waals surface area contributed by atoms with Gasteiger partial charge in [-0.2, -0.15) is 0 Å². The summed E-state index contributed by atoms with van der Waals surface area (Å²) in [6, 6.07) is 78.4. The minimum Gasteiger partial charge on any atom is -0.456 e. The van der Waals surface area contributed by atoms with Crippen molar-refractivity contribution in [3.05, 3.63) is 230 Å². The number of furan rings is 1. The van der Waals surface area contributed by atoms with Crippen molar-refractivity contribution < 1.29 is 4.42 Å². The number of nitrogens with zero attached hydrogens (tertiary/aromatic N) is 2. The molecule has 1 heterocycles. The first-order valence-electron chi connectivity index (χ1n) is 20.7. The van der Waals surface area contributed by atoms with E-state index in [1.165, 1.54) is 44.5 Å². The van der Waals surface area contributed by atoms with Crippen LogP contribution >= 0.6 is 0 Å². The number of fused-ring (bicyclic) bond motifs is 6. The van der Waals surface area contributed by atoms with E-state index < -0.39 is 0 Å². The molecule has 0 amide bonds. The lowest BCUT2D eigenvalue weighted by molar-refractivity contribution is 0.660. The Morgan fingerprint density at radius 2 is 0.733 bits per heavy atom. The van der Waals surface area contributed by atoms with Gasteiger partial charge in [0.1, 0.15) is 11.2 Å². The molecular formula is C57H42N2O. The number of hydrogen-bond acceptors (Lipinski definition) is 3. The topological polar surface area (TPSA) is 19.6 Å². The van der Waals surface area contributed by atoms with Crippen LogP contribution in [0.2, 0.25) is 0 Å². The molecule has 60 heavy (non-hydrogen) atoms. The molecular weight excluding hydrogens is 729 g/mol. The van der Waals surface area contributed by atoms with Crippen LogP contribution in [0.1, 0.15) is 25.0 Å². The molecule has 1 aliphatic carbocycles. The molecule has 0 fully saturated rings. The highest BCUT2D eigenvalue weighted by atomic mass is 16.3. The summed E-state index contributed by atoms with van der Waals surface area (Å²) in [5.74, 6) is 0. The SMILES string of the molecule is CC1(C)c2ccccc2-c2ccc(N(c3ccccc3)c3ccc(-c4ccc(-c5ccc(N(c6ccccc6)c6ccc7c(c6)oc6ccccc67)cc5)cc4)cc3)cc21. The maximum Gasteiger partial charge on any atom is 0.137 e. The van der Waals surface area contributed by atoms with E-state index in [4.69, 9.17) is 4.42 Å². The van der Waals surface area contributed by atoms with Crippen molar-refractivity contribution in [1.29, 1.82) is 0 Å². The maximum absolute atomic E-state index is 6.29. The van der Waals surface area contributed by atoms with Crippen molar-refractivity contribution >= 4 is 56.1 Å². The van der Waals surface area contributed by atoms with Gasteiger partial charge in [0.05, 0.1) is 0 Å². The molecule has 0 radical (unpaired) electrons. The van der Waals surface area contributed by atoms with Gasteiger partial charge in [-0.1, -0.05) is 147 Å². The quantitative estimate of drug-likeness (QED) is 0.153. The molecule has 0 unspecified atom stereocenters. The summed E-state index contributed by atoms with van der Waals surface area (Å²) in [5.41, 5.74) is 18.5. The fraction of sp³-hybridized carbons (Fsp3) is 0.0526. The lowest BCUT2D eigenvalue weighted by Gasteiger charge is -2.28. The van der Waals surface area contributed by atoms with E-state index >= 15 is 0 Å². The third-order valence-corrected chi connectivity index (χ3v) is 12.3. The summed E-state index contributed by atoms with van der Waals surface area (Å²) in [4.78, 5) is 4.65. The van der Waals surface area contributed by atoms with Gasteiger partial charge in [0.15, 0.2) is 0 Å². The second-order valence-corrected chi connectivity index (χ2v) is 16.2. The van der Waals surface area contributed by atoms with E-state index in [0.717, 1.165) is 56.1 Å². The van der Waals surface area contributed by atoms with Crippen molar-refractivity contribution in [2.24, 2.45) is 0 Å². The Hall–Kier alpha value is -7.62. The summed E-state index contributed by atoms with van der Waals surface area (Å²) in [6.07, 6.45) is 0. The number of hydrogen-bond donors (Lipinski definition) is 0. The van der Waals surface area contributed by atoms with E-state index in [0.29, 0.717) is 0 Å². The lowest BCUT2D eigenvalue weighted by Crippen LogP contribution is -2.16.